The van der Waals surface area contributed by atoms with Gasteiger partial charge in [-0.2, -0.15) is 0 Å². The van der Waals surface area contributed by atoms with Gasteiger partial charge in [0.25, 0.3) is 0 Å². The van der Waals surface area contributed by atoms with E-state index < -0.39 is 0 Å². The molecule has 1 rings (SSSR count). The highest BCUT2D eigenvalue weighted by Crippen LogP contribution is 2.16. The van der Waals surface area contributed by atoms with Crippen molar-refractivity contribution in [1.29, 1.82) is 0 Å². The van der Waals surface area contributed by atoms with Crippen molar-refractivity contribution in [1.82, 2.24) is 10.2 Å². The number of rotatable bonds is 6. The molecule has 1 saturated heterocycles. The summed E-state index contributed by atoms with van der Waals surface area (Å²) in [6, 6.07) is 0.508. The number of nitrogens with zero attached hydrogens (tertiary/aromatic N) is 1. The van der Waals surface area contributed by atoms with Crippen LogP contribution in [-0.4, -0.2) is 36.5 Å². The molecule has 3 nitrogen and oxygen atoms in total. The lowest BCUT2D eigenvalue weighted by atomic mass is 9.96. The summed E-state index contributed by atoms with van der Waals surface area (Å²) in [4.78, 5) is 14.5. The quantitative estimate of drug-likeness (QED) is 0.790. The first kappa shape index (κ1) is 15.5. The summed E-state index contributed by atoms with van der Waals surface area (Å²) < 4.78 is 0. The van der Waals surface area contributed by atoms with Crippen LogP contribution in [0.5, 0.6) is 0 Å². The molecule has 1 aliphatic rings. The van der Waals surface area contributed by atoms with E-state index in [0.29, 0.717) is 17.9 Å². The lowest BCUT2D eigenvalue weighted by Gasteiger charge is -2.32. The van der Waals surface area contributed by atoms with Crippen LogP contribution in [0.4, 0.5) is 0 Å². The second-order valence-electron chi connectivity index (χ2n) is 5.96. The molecule has 1 fully saturated rings. The van der Waals surface area contributed by atoms with Crippen LogP contribution in [-0.2, 0) is 4.79 Å². The summed E-state index contributed by atoms with van der Waals surface area (Å²) in [7, 11) is 0. The zero-order valence-electron chi connectivity index (χ0n) is 12.5. The van der Waals surface area contributed by atoms with Gasteiger partial charge in [-0.15, -0.1) is 0 Å². The Balaban J connectivity index is 2.54. The number of piperidine rings is 1. The molecule has 1 N–H and O–H groups in total. The molecule has 0 saturated carbocycles. The zero-order chi connectivity index (χ0) is 13.5. The van der Waals surface area contributed by atoms with E-state index in [4.69, 9.17) is 0 Å². The average Bonchev–Trinajstić information content (AvgIpc) is 2.37. The van der Waals surface area contributed by atoms with Gasteiger partial charge in [-0.3, -0.25) is 4.79 Å². The van der Waals surface area contributed by atoms with Gasteiger partial charge in [-0.1, -0.05) is 34.1 Å². The van der Waals surface area contributed by atoms with Crippen molar-refractivity contribution < 1.29 is 4.79 Å². The molecule has 1 amide bonds. The predicted octanol–water partition coefficient (Wildman–Crippen LogP) is 2.66. The van der Waals surface area contributed by atoms with Crippen LogP contribution >= 0.6 is 0 Å². The molecule has 106 valence electrons. The maximum absolute atomic E-state index is 12.4. The number of hydrogen-bond acceptors (Lipinski definition) is 2. The number of amides is 1. The molecule has 0 aromatic rings. The summed E-state index contributed by atoms with van der Waals surface area (Å²) in [5, 5.41) is 3.54. The molecule has 0 bridgehead atoms. The van der Waals surface area contributed by atoms with Crippen LogP contribution in [0.15, 0.2) is 0 Å². The molecular formula is C15H30N2O. The van der Waals surface area contributed by atoms with Crippen LogP contribution in [0.2, 0.25) is 0 Å². The molecule has 0 spiro atoms. The van der Waals surface area contributed by atoms with Crippen LogP contribution in [0, 0.1) is 11.8 Å². The normalized spacial score (nSPS) is 21.9. The van der Waals surface area contributed by atoms with Gasteiger partial charge in [0, 0.05) is 25.0 Å². The molecule has 1 aliphatic heterocycles. The summed E-state index contributed by atoms with van der Waals surface area (Å²) in [5.74, 6) is 0.899. The molecule has 0 aromatic carbocycles. The van der Waals surface area contributed by atoms with Crippen LogP contribution in [0.1, 0.15) is 53.4 Å². The standard InChI is InChI=1S/C15H30N2O/c1-5-10-17(15(18)13(4)12(2)3)11-14-8-6-7-9-16-14/h12-14,16H,5-11H2,1-4H3. The van der Waals surface area contributed by atoms with E-state index in [2.05, 4.69) is 37.9 Å². The Kier molecular flexibility index (Phi) is 6.69. The molecule has 2 unspecified atom stereocenters. The van der Waals surface area contributed by atoms with E-state index >= 15 is 0 Å². The molecule has 2 atom stereocenters. The van der Waals surface area contributed by atoms with Crippen LogP contribution in [0.3, 0.4) is 0 Å². The summed E-state index contributed by atoms with van der Waals surface area (Å²) in [6.45, 7) is 11.4. The van der Waals surface area contributed by atoms with Crippen molar-refractivity contribution in [2.45, 2.75) is 59.4 Å². The van der Waals surface area contributed by atoms with Gasteiger partial charge < -0.3 is 10.2 Å². The Morgan fingerprint density at radius 2 is 2.06 bits per heavy atom. The van der Waals surface area contributed by atoms with Gasteiger partial charge in [0.2, 0.25) is 5.91 Å². The number of carbonyl (C=O) groups excluding carboxylic acids is 1. The maximum atomic E-state index is 12.4. The van der Waals surface area contributed by atoms with Crippen molar-refractivity contribution in [3.63, 3.8) is 0 Å². The molecular weight excluding hydrogens is 224 g/mol. The van der Waals surface area contributed by atoms with E-state index in [9.17, 15) is 4.79 Å². The summed E-state index contributed by atoms with van der Waals surface area (Å²) >= 11 is 0. The Bertz CT molecular complexity index is 247. The minimum absolute atomic E-state index is 0.139. The third kappa shape index (κ3) is 4.60. The monoisotopic (exact) mass is 254 g/mol. The smallest absolute Gasteiger partial charge is 0.225 e. The first-order valence-corrected chi connectivity index (χ1v) is 7.58. The fraction of sp³-hybridized carbons (Fsp3) is 0.933. The fourth-order valence-electron chi connectivity index (χ4n) is 2.48. The number of nitrogens with one attached hydrogen (secondary N) is 1. The van der Waals surface area contributed by atoms with Crippen molar-refractivity contribution in [3.05, 3.63) is 0 Å². The topological polar surface area (TPSA) is 32.3 Å². The predicted molar refractivity (Wildman–Crippen MR) is 76.5 cm³/mol. The third-order valence-corrected chi connectivity index (χ3v) is 4.05. The first-order chi connectivity index (χ1) is 8.56. The van der Waals surface area contributed by atoms with E-state index in [-0.39, 0.29) is 5.92 Å². The lowest BCUT2D eigenvalue weighted by molar-refractivity contribution is -0.136. The van der Waals surface area contributed by atoms with Crippen molar-refractivity contribution in [3.8, 4) is 0 Å². The molecule has 18 heavy (non-hydrogen) atoms. The SMILES string of the molecule is CCCN(CC1CCCCN1)C(=O)C(C)C(C)C. The average molecular weight is 254 g/mol. The van der Waals surface area contributed by atoms with Crippen molar-refractivity contribution in [2.75, 3.05) is 19.6 Å². The van der Waals surface area contributed by atoms with Crippen molar-refractivity contribution in [2.24, 2.45) is 11.8 Å². The minimum atomic E-state index is 0.139. The van der Waals surface area contributed by atoms with Gasteiger partial charge in [0.1, 0.15) is 0 Å². The summed E-state index contributed by atoms with van der Waals surface area (Å²) in [6.07, 6.45) is 4.83. The Morgan fingerprint density at radius 3 is 2.56 bits per heavy atom. The lowest BCUT2D eigenvalue weighted by Crippen LogP contribution is -2.47. The van der Waals surface area contributed by atoms with E-state index in [1.165, 1.54) is 19.3 Å². The second-order valence-corrected chi connectivity index (χ2v) is 5.96. The van der Waals surface area contributed by atoms with Gasteiger partial charge in [-0.25, -0.2) is 0 Å². The number of carbonyl (C=O) groups is 1. The zero-order valence-corrected chi connectivity index (χ0v) is 12.5. The first-order valence-electron chi connectivity index (χ1n) is 7.58. The van der Waals surface area contributed by atoms with E-state index in [0.717, 1.165) is 26.1 Å². The Morgan fingerprint density at radius 1 is 1.33 bits per heavy atom. The maximum Gasteiger partial charge on any atom is 0.225 e. The van der Waals surface area contributed by atoms with Crippen LogP contribution in [0.25, 0.3) is 0 Å². The highest BCUT2D eigenvalue weighted by atomic mass is 16.2. The van der Waals surface area contributed by atoms with Gasteiger partial charge in [-0.05, 0) is 31.7 Å². The molecule has 0 aromatic heterocycles. The van der Waals surface area contributed by atoms with Gasteiger partial charge in [0.15, 0.2) is 0 Å². The second kappa shape index (κ2) is 7.78. The largest absolute Gasteiger partial charge is 0.341 e. The highest BCUT2D eigenvalue weighted by molar-refractivity contribution is 5.78. The van der Waals surface area contributed by atoms with E-state index in [1.54, 1.807) is 0 Å². The highest BCUT2D eigenvalue weighted by Gasteiger charge is 2.25. The molecule has 0 aliphatic carbocycles. The number of hydrogen-bond donors (Lipinski definition) is 1. The Labute approximate surface area is 112 Å². The van der Waals surface area contributed by atoms with Crippen LogP contribution < -0.4 is 5.32 Å². The molecule has 1 heterocycles. The third-order valence-electron chi connectivity index (χ3n) is 4.05. The fourth-order valence-corrected chi connectivity index (χ4v) is 2.48. The van der Waals surface area contributed by atoms with Gasteiger partial charge in [0.05, 0.1) is 0 Å². The van der Waals surface area contributed by atoms with E-state index in [1.807, 2.05) is 0 Å². The minimum Gasteiger partial charge on any atom is -0.341 e. The van der Waals surface area contributed by atoms with Gasteiger partial charge >= 0.3 is 0 Å². The van der Waals surface area contributed by atoms with Crippen molar-refractivity contribution >= 4 is 5.91 Å². The molecule has 3 heteroatoms. The summed E-state index contributed by atoms with van der Waals surface area (Å²) in [5.41, 5.74) is 0. The Hall–Kier alpha value is -0.570. The molecule has 0 radical (unpaired) electrons.